The van der Waals surface area contributed by atoms with E-state index in [-0.39, 0.29) is 0 Å². The Kier molecular flexibility index (Phi) is 4.47. The minimum absolute atomic E-state index is 0.592. The molecule has 0 saturated carbocycles. The van der Waals surface area contributed by atoms with E-state index in [4.69, 9.17) is 0 Å². The number of benzene rings is 3. The monoisotopic (exact) mass is 354 g/mol. The molecule has 0 amide bonds. The molecule has 1 unspecified atom stereocenters. The predicted molar refractivity (Wildman–Crippen MR) is 116 cm³/mol. The molecule has 0 N–H and O–H groups in total. The van der Waals surface area contributed by atoms with Crippen molar-refractivity contribution in [2.24, 2.45) is 7.05 Å². The van der Waals surface area contributed by atoms with Gasteiger partial charge in [0.2, 0.25) is 5.69 Å². The third-order valence-electron chi connectivity index (χ3n) is 6.09. The average molecular weight is 355 g/mol. The smallest absolute Gasteiger partial charge is 0.198 e. The standard InChI is InChI=1S/C26H28N/c1-6-17(2)20-11-12-24-23(15-20)14-19(4)27(5)26(24)25-16-22-10-8-7-9-21(22)13-18(25)3/h7-17H,6H2,1-5H3/q+1. The lowest BCUT2D eigenvalue weighted by Crippen LogP contribution is -2.35. The van der Waals surface area contributed by atoms with Gasteiger partial charge in [-0.25, -0.2) is 0 Å². The number of aromatic nitrogens is 1. The van der Waals surface area contributed by atoms with Crippen molar-refractivity contribution in [3.63, 3.8) is 0 Å². The zero-order valence-corrected chi connectivity index (χ0v) is 17.0. The highest BCUT2D eigenvalue weighted by Gasteiger charge is 2.20. The normalized spacial score (nSPS) is 12.6. The Labute approximate surface area is 162 Å². The summed E-state index contributed by atoms with van der Waals surface area (Å²) < 4.78 is 2.34. The second-order valence-corrected chi connectivity index (χ2v) is 7.86. The first-order valence-electron chi connectivity index (χ1n) is 9.92. The van der Waals surface area contributed by atoms with E-state index >= 15 is 0 Å². The summed E-state index contributed by atoms with van der Waals surface area (Å²) in [7, 11) is 2.18. The van der Waals surface area contributed by atoms with Crippen molar-refractivity contribution in [3.05, 3.63) is 77.5 Å². The summed E-state index contributed by atoms with van der Waals surface area (Å²) in [6, 6.07) is 22.6. The Morgan fingerprint density at radius 2 is 1.56 bits per heavy atom. The van der Waals surface area contributed by atoms with Crippen LogP contribution in [-0.2, 0) is 7.05 Å². The minimum atomic E-state index is 0.592. The predicted octanol–water partition coefficient (Wildman–Crippen LogP) is 6.61. The van der Waals surface area contributed by atoms with Crippen LogP contribution in [0.4, 0.5) is 0 Å². The van der Waals surface area contributed by atoms with Crippen LogP contribution in [-0.4, -0.2) is 0 Å². The van der Waals surface area contributed by atoms with Gasteiger partial charge >= 0.3 is 0 Å². The molecule has 1 nitrogen and oxygen atoms in total. The molecule has 136 valence electrons. The summed E-state index contributed by atoms with van der Waals surface area (Å²) in [6.07, 6.45) is 1.17. The van der Waals surface area contributed by atoms with Crippen molar-refractivity contribution in [3.8, 4) is 11.3 Å². The number of rotatable bonds is 3. The molecule has 0 bridgehead atoms. The maximum absolute atomic E-state index is 2.39. The molecule has 4 rings (SSSR count). The van der Waals surface area contributed by atoms with Crippen molar-refractivity contribution in [2.45, 2.75) is 40.0 Å². The number of pyridine rings is 1. The highest BCUT2D eigenvalue weighted by atomic mass is 14.9. The minimum Gasteiger partial charge on any atom is -0.198 e. The zero-order valence-electron chi connectivity index (χ0n) is 17.0. The third kappa shape index (κ3) is 3.02. The number of hydrogen-bond donors (Lipinski definition) is 0. The van der Waals surface area contributed by atoms with Crippen LogP contribution >= 0.6 is 0 Å². The maximum Gasteiger partial charge on any atom is 0.220 e. The molecule has 27 heavy (non-hydrogen) atoms. The van der Waals surface area contributed by atoms with Crippen molar-refractivity contribution in [1.29, 1.82) is 0 Å². The molecule has 0 spiro atoms. The van der Waals surface area contributed by atoms with E-state index in [0.29, 0.717) is 5.92 Å². The van der Waals surface area contributed by atoms with Gasteiger partial charge in [0.1, 0.15) is 7.05 Å². The molecule has 3 aromatic carbocycles. The molecule has 0 radical (unpaired) electrons. The Balaban J connectivity index is 2.03. The lowest BCUT2D eigenvalue weighted by molar-refractivity contribution is -0.665. The Morgan fingerprint density at radius 3 is 2.26 bits per heavy atom. The molecular formula is C26H28N+. The fourth-order valence-corrected chi connectivity index (χ4v) is 4.07. The van der Waals surface area contributed by atoms with E-state index in [2.05, 4.69) is 100.0 Å². The molecule has 4 aromatic rings. The van der Waals surface area contributed by atoms with E-state index in [1.54, 1.807) is 0 Å². The second kappa shape index (κ2) is 6.81. The van der Waals surface area contributed by atoms with Gasteiger partial charge in [0, 0.05) is 13.0 Å². The lowest BCUT2D eigenvalue weighted by Gasteiger charge is -2.14. The average Bonchev–Trinajstić information content (AvgIpc) is 2.68. The highest BCUT2D eigenvalue weighted by Crippen LogP contribution is 2.33. The van der Waals surface area contributed by atoms with Gasteiger partial charge in [0.05, 0.1) is 10.9 Å². The second-order valence-electron chi connectivity index (χ2n) is 7.86. The van der Waals surface area contributed by atoms with Crippen LogP contribution in [0.1, 0.15) is 43.0 Å². The van der Waals surface area contributed by atoms with E-state index in [1.807, 2.05) is 0 Å². The van der Waals surface area contributed by atoms with E-state index in [0.717, 1.165) is 0 Å². The van der Waals surface area contributed by atoms with Gasteiger partial charge in [-0.3, -0.25) is 0 Å². The molecule has 0 fully saturated rings. The highest BCUT2D eigenvalue weighted by molar-refractivity contribution is 5.97. The van der Waals surface area contributed by atoms with Gasteiger partial charge in [-0.15, -0.1) is 0 Å². The topological polar surface area (TPSA) is 3.88 Å². The zero-order chi connectivity index (χ0) is 19.1. The number of nitrogens with zero attached hydrogens (tertiary/aromatic N) is 1. The number of fused-ring (bicyclic) bond motifs is 2. The molecule has 0 aliphatic heterocycles. The molecule has 0 aliphatic rings. The molecule has 1 atom stereocenters. The molecule has 0 aliphatic carbocycles. The van der Waals surface area contributed by atoms with Gasteiger partial charge in [0.25, 0.3) is 0 Å². The van der Waals surface area contributed by atoms with Crippen LogP contribution in [0.2, 0.25) is 0 Å². The first kappa shape index (κ1) is 17.7. The first-order valence-corrected chi connectivity index (χ1v) is 9.92. The molecule has 0 saturated heterocycles. The molecular weight excluding hydrogens is 326 g/mol. The van der Waals surface area contributed by atoms with Crippen molar-refractivity contribution in [2.75, 3.05) is 0 Å². The summed E-state index contributed by atoms with van der Waals surface area (Å²) in [6.45, 7) is 9.00. The van der Waals surface area contributed by atoms with Crippen molar-refractivity contribution in [1.82, 2.24) is 0 Å². The fraction of sp³-hybridized carbons (Fsp3) is 0.269. The van der Waals surface area contributed by atoms with E-state index in [1.165, 1.54) is 56.0 Å². The fourth-order valence-electron chi connectivity index (χ4n) is 4.07. The lowest BCUT2D eigenvalue weighted by atomic mass is 9.92. The van der Waals surface area contributed by atoms with E-state index < -0.39 is 0 Å². The maximum atomic E-state index is 2.39. The van der Waals surface area contributed by atoms with Crippen LogP contribution in [0.25, 0.3) is 32.8 Å². The third-order valence-corrected chi connectivity index (χ3v) is 6.09. The number of aryl methyl sites for hydroxylation is 2. The van der Waals surface area contributed by atoms with Crippen LogP contribution < -0.4 is 4.57 Å². The van der Waals surface area contributed by atoms with E-state index in [9.17, 15) is 0 Å². The van der Waals surface area contributed by atoms with Gasteiger partial charge in [-0.2, -0.15) is 4.57 Å². The van der Waals surface area contributed by atoms with Gasteiger partial charge in [0.15, 0.2) is 5.69 Å². The Bertz CT molecular complexity index is 1150. The van der Waals surface area contributed by atoms with Crippen LogP contribution in [0.15, 0.2) is 60.7 Å². The summed E-state index contributed by atoms with van der Waals surface area (Å²) in [4.78, 5) is 0. The van der Waals surface area contributed by atoms with Gasteiger partial charge in [-0.05, 0) is 58.7 Å². The van der Waals surface area contributed by atoms with Crippen LogP contribution in [0, 0.1) is 13.8 Å². The Hall–Kier alpha value is -2.67. The van der Waals surface area contributed by atoms with Crippen molar-refractivity contribution >= 4 is 21.5 Å². The Morgan fingerprint density at radius 1 is 0.852 bits per heavy atom. The summed E-state index contributed by atoms with van der Waals surface area (Å²) >= 11 is 0. The summed E-state index contributed by atoms with van der Waals surface area (Å²) in [5.74, 6) is 0.592. The van der Waals surface area contributed by atoms with Gasteiger partial charge < -0.3 is 0 Å². The van der Waals surface area contributed by atoms with Crippen LogP contribution in [0.3, 0.4) is 0 Å². The van der Waals surface area contributed by atoms with Crippen molar-refractivity contribution < 1.29 is 4.57 Å². The first-order chi connectivity index (χ1) is 13.0. The molecule has 1 aromatic heterocycles. The molecule has 1 heterocycles. The summed E-state index contributed by atoms with van der Waals surface area (Å²) in [5.41, 5.74) is 6.66. The van der Waals surface area contributed by atoms with Crippen LogP contribution in [0.5, 0.6) is 0 Å². The SMILES string of the molecule is CCC(C)c1ccc2c(-c3cc4ccccc4cc3C)[n+](C)c(C)cc2c1. The number of hydrogen-bond acceptors (Lipinski definition) is 0. The summed E-state index contributed by atoms with van der Waals surface area (Å²) in [5, 5.41) is 5.26. The van der Waals surface area contributed by atoms with Gasteiger partial charge in [-0.1, -0.05) is 56.3 Å². The molecule has 1 heteroatoms. The largest absolute Gasteiger partial charge is 0.220 e. The quantitative estimate of drug-likeness (QED) is 0.364.